The lowest BCUT2D eigenvalue weighted by molar-refractivity contribution is 0.330. The van der Waals surface area contributed by atoms with E-state index in [2.05, 4.69) is 43.6 Å². The maximum Gasteiger partial charge on any atom is 0.191 e. The molecule has 0 N–H and O–H groups in total. The molecule has 1 saturated carbocycles. The molecule has 1 fully saturated rings. The molecule has 3 aromatic heterocycles. The number of nitrogens with zero attached hydrogens (tertiary/aromatic N) is 5. The van der Waals surface area contributed by atoms with Gasteiger partial charge in [0.15, 0.2) is 5.16 Å². The van der Waals surface area contributed by atoms with Gasteiger partial charge in [-0.05, 0) is 42.7 Å². The number of hydrogen-bond acceptors (Lipinski definition) is 5. The zero-order chi connectivity index (χ0) is 18.5. The third-order valence-corrected chi connectivity index (χ3v) is 7.09. The number of aryl methyl sites for hydroxylation is 2. The van der Waals surface area contributed by atoms with Gasteiger partial charge in [-0.3, -0.25) is 4.68 Å². The molecule has 0 aliphatic heterocycles. The molecule has 0 radical (unpaired) electrons. The van der Waals surface area contributed by atoms with Crippen LogP contribution in [0.15, 0.2) is 35.1 Å². The van der Waals surface area contributed by atoms with E-state index in [0.29, 0.717) is 6.04 Å². The highest BCUT2D eigenvalue weighted by Crippen LogP contribution is 2.33. The Morgan fingerprint density at radius 2 is 2.11 bits per heavy atom. The van der Waals surface area contributed by atoms with Gasteiger partial charge in [0.2, 0.25) is 0 Å². The standard InChI is InChI=1S/C20H27N5S2/c1-24-15-16(14-21-24)7-5-12-27-20-23-22-19(13-18-10-6-11-26-18)25(20)17-8-3-2-4-9-17/h6,10-11,14-15,17H,2-5,7-9,12-13H2,1H3. The van der Waals surface area contributed by atoms with Crippen LogP contribution in [0, 0.1) is 0 Å². The summed E-state index contributed by atoms with van der Waals surface area (Å²) in [6.45, 7) is 0. The van der Waals surface area contributed by atoms with Crippen molar-refractivity contribution in [3.05, 3.63) is 46.2 Å². The number of thiophene rings is 1. The van der Waals surface area contributed by atoms with Crippen LogP contribution in [0.25, 0.3) is 0 Å². The maximum atomic E-state index is 4.59. The Morgan fingerprint density at radius 1 is 1.22 bits per heavy atom. The number of hydrogen-bond donors (Lipinski definition) is 0. The van der Waals surface area contributed by atoms with Gasteiger partial charge < -0.3 is 4.57 Å². The smallest absolute Gasteiger partial charge is 0.191 e. The SMILES string of the molecule is Cn1cc(CCCSc2nnc(Cc3cccs3)n2C2CCCCC2)cn1. The minimum Gasteiger partial charge on any atom is -0.303 e. The highest BCUT2D eigenvalue weighted by Gasteiger charge is 2.23. The Kier molecular flexibility index (Phi) is 6.29. The van der Waals surface area contributed by atoms with E-state index >= 15 is 0 Å². The van der Waals surface area contributed by atoms with Crippen LogP contribution in [0.1, 0.15) is 60.8 Å². The number of thioether (sulfide) groups is 1. The Labute approximate surface area is 169 Å². The Balaban J connectivity index is 1.43. The largest absolute Gasteiger partial charge is 0.303 e. The first-order valence-electron chi connectivity index (χ1n) is 9.86. The lowest BCUT2D eigenvalue weighted by atomic mass is 9.95. The molecule has 3 aromatic rings. The zero-order valence-corrected chi connectivity index (χ0v) is 17.5. The normalized spacial score (nSPS) is 15.4. The van der Waals surface area contributed by atoms with Crippen molar-refractivity contribution in [3.63, 3.8) is 0 Å². The summed E-state index contributed by atoms with van der Waals surface area (Å²) in [7, 11) is 1.97. The summed E-state index contributed by atoms with van der Waals surface area (Å²) in [6, 6.07) is 4.89. The lowest BCUT2D eigenvalue weighted by Gasteiger charge is -2.25. The minimum atomic E-state index is 0.574. The van der Waals surface area contributed by atoms with Gasteiger partial charge in [-0.25, -0.2) is 0 Å². The van der Waals surface area contributed by atoms with Gasteiger partial charge in [0.05, 0.1) is 6.20 Å². The molecule has 7 heteroatoms. The fourth-order valence-corrected chi connectivity index (χ4v) is 5.51. The Morgan fingerprint density at radius 3 is 2.85 bits per heavy atom. The van der Waals surface area contributed by atoms with Crippen LogP contribution in [0.3, 0.4) is 0 Å². The van der Waals surface area contributed by atoms with Crippen LogP contribution in [0.5, 0.6) is 0 Å². The van der Waals surface area contributed by atoms with Crippen molar-refractivity contribution in [2.75, 3.05) is 5.75 Å². The van der Waals surface area contributed by atoms with Gasteiger partial charge in [-0.2, -0.15) is 5.10 Å². The predicted molar refractivity (Wildman–Crippen MR) is 112 cm³/mol. The van der Waals surface area contributed by atoms with Crippen molar-refractivity contribution in [3.8, 4) is 0 Å². The van der Waals surface area contributed by atoms with Crippen molar-refractivity contribution in [2.24, 2.45) is 7.05 Å². The fraction of sp³-hybridized carbons (Fsp3) is 0.550. The molecule has 0 aromatic carbocycles. The molecule has 1 aliphatic rings. The fourth-order valence-electron chi connectivity index (χ4n) is 3.84. The van der Waals surface area contributed by atoms with Gasteiger partial charge in [0.1, 0.15) is 5.82 Å². The molecule has 27 heavy (non-hydrogen) atoms. The average molecular weight is 402 g/mol. The molecule has 0 unspecified atom stereocenters. The summed E-state index contributed by atoms with van der Waals surface area (Å²) in [5, 5.41) is 16.7. The molecular weight excluding hydrogens is 374 g/mol. The monoisotopic (exact) mass is 401 g/mol. The van der Waals surface area contributed by atoms with E-state index in [1.807, 2.05) is 41.0 Å². The second-order valence-electron chi connectivity index (χ2n) is 7.29. The number of aromatic nitrogens is 5. The van der Waals surface area contributed by atoms with Gasteiger partial charge in [0.25, 0.3) is 0 Å². The van der Waals surface area contributed by atoms with E-state index in [4.69, 9.17) is 0 Å². The Hall–Kier alpha value is -1.60. The number of rotatable bonds is 8. The summed E-state index contributed by atoms with van der Waals surface area (Å²) in [6.07, 6.45) is 13.7. The highest BCUT2D eigenvalue weighted by atomic mass is 32.2. The quantitative estimate of drug-likeness (QED) is 0.398. The van der Waals surface area contributed by atoms with E-state index in [9.17, 15) is 0 Å². The first kappa shape index (κ1) is 18.7. The highest BCUT2D eigenvalue weighted by molar-refractivity contribution is 7.99. The van der Waals surface area contributed by atoms with E-state index in [0.717, 1.165) is 36.0 Å². The third-order valence-electron chi connectivity index (χ3n) is 5.19. The minimum absolute atomic E-state index is 0.574. The molecule has 4 rings (SSSR count). The molecule has 5 nitrogen and oxygen atoms in total. The summed E-state index contributed by atoms with van der Waals surface area (Å²) < 4.78 is 4.34. The van der Waals surface area contributed by atoms with Crippen molar-refractivity contribution >= 4 is 23.1 Å². The van der Waals surface area contributed by atoms with Crippen molar-refractivity contribution in [1.29, 1.82) is 0 Å². The molecule has 1 aliphatic carbocycles. The topological polar surface area (TPSA) is 48.5 Å². The first-order chi connectivity index (χ1) is 13.3. The Bertz CT molecular complexity index is 831. The van der Waals surface area contributed by atoms with Crippen molar-refractivity contribution in [1.82, 2.24) is 24.5 Å². The van der Waals surface area contributed by atoms with Crippen LogP contribution < -0.4 is 0 Å². The zero-order valence-electron chi connectivity index (χ0n) is 15.9. The van der Waals surface area contributed by atoms with Crippen LogP contribution in [0.2, 0.25) is 0 Å². The van der Waals surface area contributed by atoms with E-state index in [1.165, 1.54) is 42.5 Å². The molecule has 3 heterocycles. The van der Waals surface area contributed by atoms with Crippen LogP contribution in [0.4, 0.5) is 0 Å². The van der Waals surface area contributed by atoms with Gasteiger partial charge in [-0.1, -0.05) is 37.1 Å². The van der Waals surface area contributed by atoms with E-state index in [1.54, 1.807) is 0 Å². The van der Waals surface area contributed by atoms with Crippen LogP contribution >= 0.6 is 23.1 Å². The van der Waals surface area contributed by atoms with Crippen LogP contribution in [-0.2, 0) is 19.9 Å². The summed E-state index contributed by atoms with van der Waals surface area (Å²) >= 11 is 3.67. The molecule has 0 bridgehead atoms. The van der Waals surface area contributed by atoms with E-state index in [-0.39, 0.29) is 0 Å². The summed E-state index contributed by atoms with van der Waals surface area (Å²) in [5.41, 5.74) is 1.31. The van der Waals surface area contributed by atoms with Gasteiger partial charge >= 0.3 is 0 Å². The lowest BCUT2D eigenvalue weighted by Crippen LogP contribution is -2.16. The first-order valence-corrected chi connectivity index (χ1v) is 11.7. The molecule has 0 saturated heterocycles. The van der Waals surface area contributed by atoms with Gasteiger partial charge in [0, 0.05) is 36.3 Å². The maximum absolute atomic E-state index is 4.59. The van der Waals surface area contributed by atoms with Crippen molar-refractivity contribution < 1.29 is 0 Å². The summed E-state index contributed by atoms with van der Waals surface area (Å²) in [4.78, 5) is 1.37. The molecular formula is C20H27N5S2. The molecule has 144 valence electrons. The summed E-state index contributed by atoms with van der Waals surface area (Å²) in [5.74, 6) is 2.21. The average Bonchev–Trinajstić information content (AvgIpc) is 3.42. The molecule has 0 atom stereocenters. The van der Waals surface area contributed by atoms with Crippen LogP contribution in [-0.4, -0.2) is 30.3 Å². The van der Waals surface area contributed by atoms with Gasteiger partial charge in [-0.15, -0.1) is 21.5 Å². The molecule has 0 spiro atoms. The second-order valence-corrected chi connectivity index (χ2v) is 9.39. The second kappa shape index (κ2) is 9.06. The van der Waals surface area contributed by atoms with Crippen molar-refractivity contribution in [2.45, 2.75) is 62.6 Å². The van der Waals surface area contributed by atoms with E-state index < -0.39 is 0 Å². The third kappa shape index (κ3) is 4.82. The predicted octanol–water partition coefficient (Wildman–Crippen LogP) is 4.89. The molecule has 0 amide bonds.